The minimum atomic E-state index is -3.74. The molecule has 0 spiro atoms. The Morgan fingerprint density at radius 2 is 2.15 bits per heavy atom. The van der Waals surface area contributed by atoms with Crippen molar-refractivity contribution in [2.45, 2.75) is 12.8 Å². The SMILES string of the molecule is N#Cc1ccsc1NS(=O)(=O)N1CCC(C(=O)O)CC1. The topological polar surface area (TPSA) is 111 Å². The highest BCUT2D eigenvalue weighted by Gasteiger charge is 2.31. The van der Waals surface area contributed by atoms with E-state index in [9.17, 15) is 13.2 Å². The van der Waals surface area contributed by atoms with Gasteiger partial charge in [-0.25, -0.2) is 0 Å². The first-order chi connectivity index (χ1) is 9.44. The second-order valence-electron chi connectivity index (χ2n) is 4.39. The van der Waals surface area contributed by atoms with Crippen molar-refractivity contribution in [3.8, 4) is 6.07 Å². The molecule has 1 aromatic heterocycles. The van der Waals surface area contributed by atoms with E-state index in [2.05, 4.69) is 4.72 Å². The Hall–Kier alpha value is -1.63. The van der Waals surface area contributed by atoms with Gasteiger partial charge in [0.2, 0.25) is 0 Å². The first-order valence-corrected chi connectivity index (χ1v) is 8.24. The Balaban J connectivity index is 2.06. The number of carbonyl (C=O) groups is 1. The van der Waals surface area contributed by atoms with Crippen molar-refractivity contribution in [1.82, 2.24) is 4.31 Å². The minimum absolute atomic E-state index is 0.166. The summed E-state index contributed by atoms with van der Waals surface area (Å²) in [6.45, 7) is 0.332. The van der Waals surface area contributed by atoms with E-state index in [4.69, 9.17) is 10.4 Å². The summed E-state index contributed by atoms with van der Waals surface area (Å²) in [4.78, 5) is 10.8. The van der Waals surface area contributed by atoms with Crippen molar-refractivity contribution in [1.29, 1.82) is 5.26 Å². The molecule has 1 aliphatic rings. The average Bonchev–Trinajstić information content (AvgIpc) is 2.85. The van der Waals surface area contributed by atoms with Crippen LogP contribution in [0.25, 0.3) is 0 Å². The Labute approximate surface area is 120 Å². The van der Waals surface area contributed by atoms with Gasteiger partial charge in [-0.05, 0) is 24.3 Å². The summed E-state index contributed by atoms with van der Waals surface area (Å²) in [6.07, 6.45) is 0.595. The molecule has 0 unspecified atom stereocenters. The molecule has 0 saturated carbocycles. The Morgan fingerprint density at radius 1 is 1.50 bits per heavy atom. The molecule has 0 aliphatic carbocycles. The molecule has 1 aromatic rings. The molecule has 0 bridgehead atoms. The van der Waals surface area contributed by atoms with Crippen molar-refractivity contribution in [2.75, 3.05) is 17.8 Å². The van der Waals surface area contributed by atoms with Crippen LogP contribution >= 0.6 is 11.3 Å². The standard InChI is InChI=1S/C11H13N3O4S2/c12-7-9-3-6-19-10(9)13-20(17,18)14-4-1-8(2-5-14)11(15)16/h3,6,8,13H,1-2,4-5H2,(H,15,16). The Bertz CT molecular complexity index is 639. The number of piperidine rings is 1. The monoisotopic (exact) mass is 315 g/mol. The molecule has 7 nitrogen and oxygen atoms in total. The van der Waals surface area contributed by atoms with E-state index < -0.39 is 22.1 Å². The molecule has 1 fully saturated rings. The lowest BCUT2D eigenvalue weighted by Crippen LogP contribution is -2.42. The van der Waals surface area contributed by atoms with Gasteiger partial charge in [0.1, 0.15) is 11.1 Å². The first-order valence-electron chi connectivity index (χ1n) is 5.92. The lowest BCUT2D eigenvalue weighted by atomic mass is 9.99. The van der Waals surface area contributed by atoms with Gasteiger partial charge in [-0.1, -0.05) is 0 Å². The van der Waals surface area contributed by atoms with Crippen LogP contribution in [0.1, 0.15) is 18.4 Å². The largest absolute Gasteiger partial charge is 0.481 e. The number of nitrogens with zero attached hydrogens (tertiary/aromatic N) is 2. The van der Waals surface area contributed by atoms with Gasteiger partial charge in [0.05, 0.1) is 11.5 Å². The zero-order chi connectivity index (χ0) is 14.8. The molecule has 1 aliphatic heterocycles. The number of rotatable bonds is 4. The second-order valence-corrected chi connectivity index (χ2v) is 6.98. The van der Waals surface area contributed by atoms with Gasteiger partial charge in [0, 0.05) is 13.1 Å². The lowest BCUT2D eigenvalue weighted by molar-refractivity contribution is -0.142. The summed E-state index contributed by atoms with van der Waals surface area (Å²) in [5.41, 5.74) is 0.277. The maximum absolute atomic E-state index is 12.2. The van der Waals surface area contributed by atoms with Gasteiger partial charge in [0.25, 0.3) is 0 Å². The minimum Gasteiger partial charge on any atom is -0.481 e. The fraction of sp³-hybridized carbons (Fsp3) is 0.455. The van der Waals surface area contributed by atoms with E-state index in [1.54, 1.807) is 11.4 Å². The van der Waals surface area contributed by atoms with Gasteiger partial charge in [0.15, 0.2) is 0 Å². The smallest absolute Gasteiger partial charge is 0.306 e. The van der Waals surface area contributed by atoms with Gasteiger partial charge in [-0.15, -0.1) is 11.3 Å². The van der Waals surface area contributed by atoms with E-state index in [1.165, 1.54) is 4.31 Å². The number of anilines is 1. The van der Waals surface area contributed by atoms with Crippen LogP contribution in [0.5, 0.6) is 0 Å². The fourth-order valence-electron chi connectivity index (χ4n) is 2.00. The second kappa shape index (κ2) is 5.78. The maximum Gasteiger partial charge on any atom is 0.306 e. The summed E-state index contributed by atoms with van der Waals surface area (Å²) in [6, 6.07) is 3.45. The number of hydrogen-bond acceptors (Lipinski definition) is 5. The number of nitriles is 1. The van der Waals surface area contributed by atoms with E-state index in [0.717, 1.165) is 11.3 Å². The van der Waals surface area contributed by atoms with Crippen molar-refractivity contribution < 1.29 is 18.3 Å². The zero-order valence-electron chi connectivity index (χ0n) is 10.4. The highest BCUT2D eigenvalue weighted by Crippen LogP contribution is 2.26. The highest BCUT2D eigenvalue weighted by atomic mass is 32.2. The van der Waals surface area contributed by atoms with Gasteiger partial charge < -0.3 is 5.11 Å². The summed E-state index contributed by atoms with van der Waals surface area (Å²) in [5.74, 6) is -1.38. The average molecular weight is 315 g/mol. The summed E-state index contributed by atoms with van der Waals surface area (Å²) in [5, 5.41) is 19.7. The molecule has 9 heteroatoms. The van der Waals surface area contributed by atoms with Crippen LogP contribution in [0, 0.1) is 17.2 Å². The molecular formula is C11H13N3O4S2. The number of nitrogens with one attached hydrogen (secondary N) is 1. The van der Waals surface area contributed by atoms with E-state index in [0.29, 0.717) is 12.8 Å². The highest BCUT2D eigenvalue weighted by molar-refractivity contribution is 7.90. The third-order valence-corrected chi connectivity index (χ3v) is 5.62. The van der Waals surface area contributed by atoms with Crippen LogP contribution in [0.2, 0.25) is 0 Å². The number of hydrogen-bond donors (Lipinski definition) is 2. The number of carboxylic acids is 1. The van der Waals surface area contributed by atoms with Crippen LogP contribution in [-0.2, 0) is 15.0 Å². The number of carboxylic acid groups (broad SMARTS) is 1. The maximum atomic E-state index is 12.2. The van der Waals surface area contributed by atoms with Crippen molar-refractivity contribution in [3.63, 3.8) is 0 Å². The summed E-state index contributed by atoms with van der Waals surface area (Å²) in [7, 11) is -3.74. The Kier molecular flexibility index (Phi) is 4.27. The summed E-state index contributed by atoms with van der Waals surface area (Å²) < 4.78 is 27.9. The quantitative estimate of drug-likeness (QED) is 0.863. The molecule has 0 atom stereocenters. The van der Waals surface area contributed by atoms with Crippen LogP contribution in [0.15, 0.2) is 11.4 Å². The van der Waals surface area contributed by atoms with Crippen LogP contribution < -0.4 is 4.72 Å². The molecule has 108 valence electrons. The van der Waals surface area contributed by atoms with E-state index >= 15 is 0 Å². The first kappa shape index (κ1) is 14.8. The van der Waals surface area contributed by atoms with E-state index in [-0.39, 0.29) is 23.7 Å². The lowest BCUT2D eigenvalue weighted by Gasteiger charge is -2.29. The van der Waals surface area contributed by atoms with Gasteiger partial charge >= 0.3 is 16.2 Å². The van der Waals surface area contributed by atoms with Gasteiger partial charge in [-0.2, -0.15) is 18.0 Å². The number of aliphatic carboxylic acids is 1. The van der Waals surface area contributed by atoms with Gasteiger partial charge in [-0.3, -0.25) is 9.52 Å². The molecular weight excluding hydrogens is 302 g/mol. The van der Waals surface area contributed by atoms with E-state index in [1.807, 2.05) is 6.07 Å². The van der Waals surface area contributed by atoms with Crippen LogP contribution in [0.3, 0.4) is 0 Å². The van der Waals surface area contributed by atoms with Crippen LogP contribution in [-0.4, -0.2) is 36.9 Å². The number of thiophene rings is 1. The molecule has 0 aromatic carbocycles. The molecule has 2 heterocycles. The third kappa shape index (κ3) is 3.09. The third-order valence-electron chi connectivity index (χ3n) is 3.15. The van der Waals surface area contributed by atoms with Crippen molar-refractivity contribution in [2.24, 2.45) is 5.92 Å². The van der Waals surface area contributed by atoms with Crippen molar-refractivity contribution >= 4 is 32.5 Å². The molecule has 0 radical (unpaired) electrons. The van der Waals surface area contributed by atoms with Crippen LogP contribution in [0.4, 0.5) is 5.00 Å². The fourth-order valence-corrected chi connectivity index (χ4v) is 4.26. The predicted molar refractivity (Wildman–Crippen MR) is 73.5 cm³/mol. The van der Waals surface area contributed by atoms with Crippen molar-refractivity contribution in [3.05, 3.63) is 17.0 Å². The molecule has 2 rings (SSSR count). The zero-order valence-corrected chi connectivity index (χ0v) is 12.1. The predicted octanol–water partition coefficient (Wildman–Crippen LogP) is 1.07. The molecule has 0 amide bonds. The normalized spacial score (nSPS) is 17.6. The molecule has 20 heavy (non-hydrogen) atoms. The Morgan fingerprint density at radius 3 is 2.70 bits per heavy atom. The molecule has 1 saturated heterocycles. The molecule has 2 N–H and O–H groups in total. The summed E-state index contributed by atoms with van der Waals surface area (Å²) >= 11 is 1.14.